The van der Waals surface area contributed by atoms with E-state index in [4.69, 9.17) is 4.74 Å². The van der Waals surface area contributed by atoms with Crippen LogP contribution >= 0.6 is 0 Å². The second kappa shape index (κ2) is 8.01. The maximum Gasteiger partial charge on any atom is 0.121 e. The van der Waals surface area contributed by atoms with Crippen molar-refractivity contribution >= 4 is 0 Å². The Labute approximate surface area is 121 Å². The molecular formula is C16H23N3O. The zero-order valence-electron chi connectivity index (χ0n) is 12.1. The van der Waals surface area contributed by atoms with Crippen LogP contribution in [0.5, 0.6) is 0 Å². The summed E-state index contributed by atoms with van der Waals surface area (Å²) in [4.78, 5) is 2.42. The highest BCUT2D eigenvalue weighted by atomic mass is 16.5. The van der Waals surface area contributed by atoms with E-state index in [-0.39, 0.29) is 6.04 Å². The van der Waals surface area contributed by atoms with Crippen LogP contribution in [0.3, 0.4) is 0 Å². The number of hydrogen-bond acceptors (Lipinski definition) is 4. The number of rotatable bonds is 6. The largest absolute Gasteiger partial charge is 0.379 e. The zero-order valence-corrected chi connectivity index (χ0v) is 12.1. The summed E-state index contributed by atoms with van der Waals surface area (Å²) < 4.78 is 5.33. The van der Waals surface area contributed by atoms with E-state index >= 15 is 0 Å². The van der Waals surface area contributed by atoms with E-state index in [1.165, 1.54) is 5.56 Å². The van der Waals surface area contributed by atoms with Crippen molar-refractivity contribution in [3.63, 3.8) is 0 Å². The van der Waals surface area contributed by atoms with E-state index in [1.807, 2.05) is 18.2 Å². The second-order valence-electron chi connectivity index (χ2n) is 5.18. The normalized spacial score (nSPS) is 17.6. The summed E-state index contributed by atoms with van der Waals surface area (Å²) in [5.74, 6) is 0. The van der Waals surface area contributed by atoms with Crippen molar-refractivity contribution < 1.29 is 4.74 Å². The van der Waals surface area contributed by atoms with Gasteiger partial charge in [-0.2, -0.15) is 5.26 Å². The summed E-state index contributed by atoms with van der Waals surface area (Å²) in [6.45, 7) is 7.73. The third kappa shape index (κ3) is 4.31. The molecule has 108 valence electrons. The molecule has 1 unspecified atom stereocenters. The number of morpholine rings is 1. The topological polar surface area (TPSA) is 48.3 Å². The molecule has 1 aromatic rings. The van der Waals surface area contributed by atoms with Gasteiger partial charge in [0.05, 0.1) is 19.3 Å². The lowest BCUT2D eigenvalue weighted by atomic mass is 10.0. The number of nitrogens with one attached hydrogen (secondary N) is 1. The van der Waals surface area contributed by atoms with Crippen LogP contribution in [-0.2, 0) is 4.74 Å². The molecule has 1 aliphatic rings. The summed E-state index contributed by atoms with van der Waals surface area (Å²) in [5, 5.41) is 12.7. The molecule has 1 aliphatic heterocycles. The van der Waals surface area contributed by atoms with Gasteiger partial charge in [0, 0.05) is 13.1 Å². The summed E-state index contributed by atoms with van der Waals surface area (Å²) in [7, 11) is 0. The van der Waals surface area contributed by atoms with Gasteiger partial charge in [0.25, 0.3) is 0 Å². The van der Waals surface area contributed by atoms with Gasteiger partial charge in [0.15, 0.2) is 0 Å². The Balaban J connectivity index is 1.74. The molecule has 1 saturated heterocycles. The third-order valence-electron chi connectivity index (χ3n) is 3.73. The SMILES string of the molecule is Cc1ccccc1C(C#N)NCCCN1CCOCC1. The molecule has 0 spiro atoms. The fourth-order valence-electron chi connectivity index (χ4n) is 2.51. The average molecular weight is 273 g/mol. The molecule has 1 N–H and O–H groups in total. The Hall–Kier alpha value is -1.41. The van der Waals surface area contributed by atoms with Gasteiger partial charge in [0.1, 0.15) is 6.04 Å². The van der Waals surface area contributed by atoms with Crippen molar-refractivity contribution in [3.8, 4) is 6.07 Å². The van der Waals surface area contributed by atoms with Crippen LogP contribution in [0.4, 0.5) is 0 Å². The van der Waals surface area contributed by atoms with Crippen LogP contribution in [0.2, 0.25) is 0 Å². The van der Waals surface area contributed by atoms with Crippen molar-refractivity contribution in [2.24, 2.45) is 0 Å². The molecule has 1 fully saturated rings. The summed E-state index contributed by atoms with van der Waals surface area (Å²) in [5.41, 5.74) is 2.25. The lowest BCUT2D eigenvalue weighted by Gasteiger charge is -2.26. The van der Waals surface area contributed by atoms with Gasteiger partial charge in [0.2, 0.25) is 0 Å². The van der Waals surface area contributed by atoms with E-state index in [2.05, 4.69) is 29.3 Å². The fourth-order valence-corrected chi connectivity index (χ4v) is 2.51. The van der Waals surface area contributed by atoms with Crippen LogP contribution in [0.1, 0.15) is 23.6 Å². The molecule has 0 bridgehead atoms. The Morgan fingerprint density at radius 3 is 2.80 bits per heavy atom. The summed E-state index contributed by atoms with van der Waals surface area (Å²) in [6, 6.07) is 10.2. The first-order valence-corrected chi connectivity index (χ1v) is 7.30. The molecular weight excluding hydrogens is 250 g/mol. The Morgan fingerprint density at radius 2 is 2.10 bits per heavy atom. The molecule has 20 heavy (non-hydrogen) atoms. The van der Waals surface area contributed by atoms with Crippen molar-refractivity contribution in [2.75, 3.05) is 39.4 Å². The Bertz CT molecular complexity index is 449. The molecule has 0 radical (unpaired) electrons. The Morgan fingerprint density at radius 1 is 1.35 bits per heavy atom. The van der Waals surface area contributed by atoms with Gasteiger partial charge in [-0.15, -0.1) is 0 Å². The van der Waals surface area contributed by atoms with Crippen molar-refractivity contribution in [1.82, 2.24) is 10.2 Å². The van der Waals surface area contributed by atoms with E-state index in [9.17, 15) is 5.26 Å². The minimum Gasteiger partial charge on any atom is -0.379 e. The number of ether oxygens (including phenoxy) is 1. The molecule has 0 aliphatic carbocycles. The summed E-state index contributed by atoms with van der Waals surface area (Å²) in [6.07, 6.45) is 1.06. The maximum atomic E-state index is 9.31. The van der Waals surface area contributed by atoms with Gasteiger partial charge < -0.3 is 4.74 Å². The second-order valence-corrected chi connectivity index (χ2v) is 5.18. The quantitative estimate of drug-likeness (QED) is 0.804. The zero-order chi connectivity index (χ0) is 14.2. The first-order valence-electron chi connectivity index (χ1n) is 7.30. The van der Waals surface area contributed by atoms with Crippen LogP contribution < -0.4 is 5.32 Å². The first kappa shape index (κ1) is 15.0. The lowest BCUT2D eigenvalue weighted by molar-refractivity contribution is 0.0374. The predicted molar refractivity (Wildman–Crippen MR) is 79.4 cm³/mol. The number of aryl methyl sites for hydroxylation is 1. The average Bonchev–Trinajstić information content (AvgIpc) is 2.50. The van der Waals surface area contributed by atoms with E-state index in [0.29, 0.717) is 0 Å². The van der Waals surface area contributed by atoms with E-state index < -0.39 is 0 Å². The standard InChI is InChI=1S/C16H23N3O/c1-14-5-2-3-6-15(14)16(13-17)18-7-4-8-19-9-11-20-12-10-19/h2-3,5-6,16,18H,4,7-12H2,1H3. The number of nitriles is 1. The van der Waals surface area contributed by atoms with Crippen molar-refractivity contribution in [1.29, 1.82) is 5.26 Å². The molecule has 0 aromatic heterocycles. The van der Waals surface area contributed by atoms with Crippen molar-refractivity contribution in [3.05, 3.63) is 35.4 Å². The van der Waals surface area contributed by atoms with Gasteiger partial charge in [-0.1, -0.05) is 24.3 Å². The smallest absolute Gasteiger partial charge is 0.121 e. The van der Waals surface area contributed by atoms with Gasteiger partial charge in [-0.3, -0.25) is 10.2 Å². The monoisotopic (exact) mass is 273 g/mol. The number of nitrogens with zero attached hydrogens (tertiary/aromatic N) is 2. The van der Waals surface area contributed by atoms with Crippen LogP contribution in [0, 0.1) is 18.3 Å². The summed E-state index contributed by atoms with van der Waals surface area (Å²) >= 11 is 0. The minimum atomic E-state index is -0.208. The van der Waals surface area contributed by atoms with Crippen molar-refractivity contribution in [2.45, 2.75) is 19.4 Å². The number of hydrogen-bond donors (Lipinski definition) is 1. The Kier molecular flexibility index (Phi) is 6.00. The maximum absolute atomic E-state index is 9.31. The molecule has 1 aromatic carbocycles. The van der Waals surface area contributed by atoms with Crippen LogP contribution in [0.15, 0.2) is 24.3 Å². The van der Waals surface area contributed by atoms with Gasteiger partial charge in [-0.05, 0) is 37.6 Å². The molecule has 1 atom stereocenters. The first-order chi connectivity index (χ1) is 9.81. The molecule has 1 heterocycles. The number of benzene rings is 1. The molecule has 0 saturated carbocycles. The fraction of sp³-hybridized carbons (Fsp3) is 0.562. The predicted octanol–water partition coefficient (Wildman–Crippen LogP) is 1.87. The molecule has 2 rings (SSSR count). The van der Waals surface area contributed by atoms with Gasteiger partial charge in [-0.25, -0.2) is 0 Å². The third-order valence-corrected chi connectivity index (χ3v) is 3.73. The minimum absolute atomic E-state index is 0.208. The highest BCUT2D eigenvalue weighted by molar-refractivity contribution is 5.32. The van der Waals surface area contributed by atoms with E-state index in [1.54, 1.807) is 0 Å². The molecule has 0 amide bonds. The molecule has 4 nitrogen and oxygen atoms in total. The highest BCUT2D eigenvalue weighted by Crippen LogP contribution is 2.16. The van der Waals surface area contributed by atoms with E-state index in [0.717, 1.165) is 51.4 Å². The van der Waals surface area contributed by atoms with Gasteiger partial charge >= 0.3 is 0 Å². The lowest BCUT2D eigenvalue weighted by Crippen LogP contribution is -2.37. The van der Waals surface area contributed by atoms with Crippen LogP contribution in [0.25, 0.3) is 0 Å². The molecule has 4 heteroatoms. The van der Waals surface area contributed by atoms with Crippen LogP contribution in [-0.4, -0.2) is 44.3 Å². The highest BCUT2D eigenvalue weighted by Gasteiger charge is 2.12.